The molecule has 0 aliphatic heterocycles. The molecule has 96 valence electrons. The van der Waals surface area contributed by atoms with Gasteiger partial charge in [0.05, 0.1) is 35.9 Å². The fourth-order valence-electron chi connectivity index (χ4n) is 1.90. The zero-order valence-electron chi connectivity index (χ0n) is 10.6. The Morgan fingerprint density at radius 2 is 2.00 bits per heavy atom. The second kappa shape index (κ2) is 5.33. The van der Waals surface area contributed by atoms with Gasteiger partial charge in [0.2, 0.25) is 0 Å². The maximum atomic E-state index is 8.90. The van der Waals surface area contributed by atoms with Crippen LogP contribution in [0.1, 0.15) is 11.3 Å². The van der Waals surface area contributed by atoms with Gasteiger partial charge in [-0.3, -0.25) is 9.97 Å². The van der Waals surface area contributed by atoms with Gasteiger partial charge in [0.25, 0.3) is 0 Å². The molecule has 0 spiro atoms. The van der Waals surface area contributed by atoms with Gasteiger partial charge >= 0.3 is 0 Å². The quantitative estimate of drug-likeness (QED) is 0.725. The minimum atomic E-state index is 0.578. The van der Waals surface area contributed by atoms with Crippen LogP contribution in [0.5, 0.6) is 0 Å². The first kappa shape index (κ1) is 12.1. The Kier molecular flexibility index (Phi) is 3.21. The summed E-state index contributed by atoms with van der Waals surface area (Å²) in [4.78, 5) is 12.8. The molecular weight excluding hydrogens is 250 g/mol. The molecule has 0 bridgehead atoms. The van der Waals surface area contributed by atoms with Crippen LogP contribution in [0, 0.1) is 11.3 Å². The summed E-state index contributed by atoms with van der Waals surface area (Å²) in [6.07, 6.45) is 7.03. The normalized spacial score (nSPS) is 10.2. The molecule has 0 amide bonds. The highest BCUT2D eigenvalue weighted by molar-refractivity contribution is 5.55. The van der Waals surface area contributed by atoms with Crippen LogP contribution in [-0.2, 0) is 6.54 Å². The van der Waals surface area contributed by atoms with Crippen molar-refractivity contribution in [2.45, 2.75) is 6.54 Å². The smallest absolute Gasteiger partial charge is 0.107 e. The van der Waals surface area contributed by atoms with Crippen molar-refractivity contribution in [3.63, 3.8) is 0 Å². The lowest BCUT2D eigenvalue weighted by atomic mass is 10.2. The van der Waals surface area contributed by atoms with E-state index in [0.29, 0.717) is 17.8 Å². The molecule has 5 nitrogen and oxygen atoms in total. The summed E-state index contributed by atoms with van der Waals surface area (Å²) < 4.78 is 1.94. The molecule has 20 heavy (non-hydrogen) atoms. The molecule has 0 aliphatic rings. The van der Waals surface area contributed by atoms with Crippen molar-refractivity contribution in [1.29, 1.82) is 5.26 Å². The molecule has 0 N–H and O–H groups in total. The van der Waals surface area contributed by atoms with E-state index in [4.69, 9.17) is 5.26 Å². The van der Waals surface area contributed by atoms with Crippen molar-refractivity contribution in [2.24, 2.45) is 0 Å². The molecule has 0 saturated heterocycles. The second-order valence-electron chi connectivity index (χ2n) is 4.29. The summed E-state index contributed by atoms with van der Waals surface area (Å²) in [5.41, 5.74) is 2.99. The lowest BCUT2D eigenvalue weighted by Gasteiger charge is -2.00. The molecule has 5 heteroatoms. The molecule has 0 aromatic carbocycles. The summed E-state index contributed by atoms with van der Waals surface area (Å²) in [6, 6.07) is 11.3. The van der Waals surface area contributed by atoms with Gasteiger partial charge in [0, 0.05) is 18.6 Å². The molecule has 3 aromatic rings. The van der Waals surface area contributed by atoms with Crippen LogP contribution in [0.3, 0.4) is 0 Å². The zero-order valence-corrected chi connectivity index (χ0v) is 10.6. The molecule has 0 fully saturated rings. The Balaban J connectivity index is 1.85. The van der Waals surface area contributed by atoms with Gasteiger partial charge in [0.1, 0.15) is 5.69 Å². The molecule has 0 atom stereocenters. The number of nitriles is 1. The van der Waals surface area contributed by atoms with E-state index in [9.17, 15) is 0 Å². The van der Waals surface area contributed by atoms with Crippen LogP contribution < -0.4 is 0 Å². The van der Waals surface area contributed by atoms with E-state index in [2.05, 4.69) is 21.0 Å². The summed E-state index contributed by atoms with van der Waals surface area (Å²) >= 11 is 0. The van der Waals surface area contributed by atoms with Gasteiger partial charge in [-0.15, -0.1) is 0 Å². The van der Waals surface area contributed by atoms with E-state index in [-0.39, 0.29) is 0 Å². The SMILES string of the molecule is N#Cc1ccnc(-c2cn(Cc3ccccn3)cn2)c1. The van der Waals surface area contributed by atoms with Gasteiger partial charge in [-0.1, -0.05) is 6.07 Å². The molecule has 0 radical (unpaired) electrons. The van der Waals surface area contributed by atoms with Crippen LogP contribution in [0.25, 0.3) is 11.4 Å². The minimum absolute atomic E-state index is 0.578. The Morgan fingerprint density at radius 1 is 1.05 bits per heavy atom. The first-order valence-electron chi connectivity index (χ1n) is 6.13. The summed E-state index contributed by atoms with van der Waals surface area (Å²) in [5.74, 6) is 0. The standard InChI is InChI=1S/C15H11N5/c16-8-12-4-6-18-14(7-12)15-10-20(11-19-15)9-13-3-1-2-5-17-13/h1-7,10-11H,9H2. The molecule has 0 aliphatic carbocycles. The number of pyridine rings is 2. The van der Waals surface area contributed by atoms with Gasteiger partial charge in [-0.25, -0.2) is 4.98 Å². The third kappa shape index (κ3) is 2.54. The topological polar surface area (TPSA) is 67.4 Å². The maximum absolute atomic E-state index is 8.90. The van der Waals surface area contributed by atoms with Crippen LogP contribution in [0.15, 0.2) is 55.2 Å². The van der Waals surface area contributed by atoms with Gasteiger partial charge in [-0.2, -0.15) is 5.26 Å². The second-order valence-corrected chi connectivity index (χ2v) is 4.29. The first-order chi connectivity index (χ1) is 9.85. The Bertz CT molecular complexity index is 755. The van der Waals surface area contributed by atoms with Crippen LogP contribution in [0.4, 0.5) is 0 Å². The van der Waals surface area contributed by atoms with Gasteiger partial charge in [0.15, 0.2) is 0 Å². The average Bonchev–Trinajstić information content (AvgIpc) is 2.97. The van der Waals surface area contributed by atoms with Crippen molar-refractivity contribution in [3.8, 4) is 17.5 Å². The van der Waals surface area contributed by atoms with E-state index < -0.39 is 0 Å². The fraction of sp³-hybridized carbons (Fsp3) is 0.0667. The van der Waals surface area contributed by atoms with E-state index >= 15 is 0 Å². The molecule has 3 rings (SSSR count). The van der Waals surface area contributed by atoms with Gasteiger partial charge < -0.3 is 4.57 Å². The monoisotopic (exact) mass is 261 g/mol. The van der Waals surface area contributed by atoms with Crippen LogP contribution >= 0.6 is 0 Å². The highest BCUT2D eigenvalue weighted by Gasteiger charge is 2.05. The van der Waals surface area contributed by atoms with Crippen molar-refractivity contribution in [2.75, 3.05) is 0 Å². The summed E-state index contributed by atoms with van der Waals surface area (Å²) in [6.45, 7) is 0.659. The first-order valence-corrected chi connectivity index (χ1v) is 6.13. The van der Waals surface area contributed by atoms with Gasteiger partial charge in [-0.05, 0) is 24.3 Å². The number of hydrogen-bond acceptors (Lipinski definition) is 4. The van der Waals surface area contributed by atoms with Crippen molar-refractivity contribution >= 4 is 0 Å². The van der Waals surface area contributed by atoms with E-state index in [1.165, 1.54) is 0 Å². The summed E-state index contributed by atoms with van der Waals surface area (Å²) in [7, 11) is 0. The molecule has 3 heterocycles. The van der Waals surface area contributed by atoms with Crippen LogP contribution in [0.2, 0.25) is 0 Å². The molecule has 0 unspecified atom stereocenters. The number of aromatic nitrogens is 4. The van der Waals surface area contributed by atoms with E-state index in [1.54, 1.807) is 30.9 Å². The summed E-state index contributed by atoms with van der Waals surface area (Å²) in [5, 5.41) is 8.90. The molecule has 3 aromatic heterocycles. The lowest BCUT2D eigenvalue weighted by molar-refractivity contribution is 0.773. The van der Waals surface area contributed by atoms with E-state index in [0.717, 1.165) is 11.4 Å². The van der Waals surface area contributed by atoms with Crippen molar-refractivity contribution in [3.05, 3.63) is 66.5 Å². The van der Waals surface area contributed by atoms with E-state index in [1.807, 2.05) is 29.0 Å². The number of imidazole rings is 1. The number of hydrogen-bond donors (Lipinski definition) is 0. The minimum Gasteiger partial charge on any atom is -0.331 e. The number of rotatable bonds is 3. The molecular formula is C15H11N5. The van der Waals surface area contributed by atoms with Crippen molar-refractivity contribution < 1.29 is 0 Å². The van der Waals surface area contributed by atoms with Crippen LogP contribution in [-0.4, -0.2) is 19.5 Å². The highest BCUT2D eigenvalue weighted by Crippen LogP contribution is 2.15. The number of nitrogens with zero attached hydrogens (tertiary/aromatic N) is 5. The Hall–Kier alpha value is -3.00. The lowest BCUT2D eigenvalue weighted by Crippen LogP contribution is -1.98. The predicted molar refractivity (Wildman–Crippen MR) is 73.5 cm³/mol. The zero-order chi connectivity index (χ0) is 13.8. The largest absolute Gasteiger partial charge is 0.331 e. The predicted octanol–water partition coefficient (Wildman–Crippen LogP) is 2.26. The van der Waals surface area contributed by atoms with Crippen molar-refractivity contribution in [1.82, 2.24) is 19.5 Å². The maximum Gasteiger partial charge on any atom is 0.107 e. The average molecular weight is 261 g/mol. The Labute approximate surface area is 116 Å². The third-order valence-electron chi connectivity index (χ3n) is 2.86. The fourth-order valence-corrected chi connectivity index (χ4v) is 1.90. The third-order valence-corrected chi connectivity index (χ3v) is 2.86. The molecule has 0 saturated carbocycles. The highest BCUT2D eigenvalue weighted by atomic mass is 15.0. The Morgan fingerprint density at radius 3 is 2.80 bits per heavy atom.